The van der Waals surface area contributed by atoms with Crippen LogP contribution in [0.2, 0.25) is 5.02 Å². The van der Waals surface area contributed by atoms with Crippen LogP contribution in [0.1, 0.15) is 25.0 Å². The maximum Gasteiger partial charge on any atom is 0.0552 e. The summed E-state index contributed by atoms with van der Waals surface area (Å²) in [5, 5.41) is 9.98. The number of benzene rings is 1. The first-order valence-electron chi connectivity index (χ1n) is 4.58. The summed E-state index contributed by atoms with van der Waals surface area (Å²) in [6, 6.07) is 5.97. The molecule has 0 aliphatic heterocycles. The number of rotatable bonds is 3. The summed E-state index contributed by atoms with van der Waals surface area (Å²) in [5.74, 6) is 0. The van der Waals surface area contributed by atoms with E-state index in [2.05, 4.69) is 13.0 Å². The lowest BCUT2D eigenvalue weighted by atomic mass is 10.0. The molecule has 0 bridgehead atoms. The zero-order valence-electron chi connectivity index (χ0n) is 8.05. The summed E-state index contributed by atoms with van der Waals surface area (Å²) >= 11 is 5.93. The SMILES string of the molecule is CCc1cc(Cl)cc(CC(C)O)c1. The van der Waals surface area contributed by atoms with Crippen LogP contribution in [0.5, 0.6) is 0 Å². The highest BCUT2D eigenvalue weighted by atomic mass is 35.5. The van der Waals surface area contributed by atoms with E-state index in [1.165, 1.54) is 5.56 Å². The van der Waals surface area contributed by atoms with E-state index in [0.717, 1.165) is 17.0 Å². The molecule has 0 radical (unpaired) electrons. The highest BCUT2D eigenvalue weighted by Crippen LogP contribution is 2.16. The Kier molecular flexibility index (Phi) is 3.76. The van der Waals surface area contributed by atoms with Gasteiger partial charge < -0.3 is 5.11 Å². The predicted molar refractivity (Wildman–Crippen MR) is 56.2 cm³/mol. The van der Waals surface area contributed by atoms with Crippen molar-refractivity contribution in [3.05, 3.63) is 34.3 Å². The van der Waals surface area contributed by atoms with Gasteiger partial charge in [0.2, 0.25) is 0 Å². The standard InChI is InChI=1S/C11H15ClO/c1-3-9-5-10(4-8(2)13)7-11(12)6-9/h5-8,13H,3-4H2,1-2H3. The van der Waals surface area contributed by atoms with Crippen molar-refractivity contribution in [1.82, 2.24) is 0 Å². The molecule has 1 aromatic carbocycles. The molecule has 1 nitrogen and oxygen atoms in total. The van der Waals surface area contributed by atoms with Crippen LogP contribution >= 0.6 is 11.6 Å². The topological polar surface area (TPSA) is 20.2 Å². The first-order chi connectivity index (χ1) is 6.11. The van der Waals surface area contributed by atoms with Gasteiger partial charge in [-0.1, -0.05) is 24.6 Å². The fourth-order valence-electron chi connectivity index (χ4n) is 1.38. The Hall–Kier alpha value is -0.530. The van der Waals surface area contributed by atoms with Crippen LogP contribution < -0.4 is 0 Å². The molecule has 1 atom stereocenters. The van der Waals surface area contributed by atoms with Crippen LogP contribution in [0.4, 0.5) is 0 Å². The van der Waals surface area contributed by atoms with E-state index >= 15 is 0 Å². The molecule has 1 unspecified atom stereocenters. The van der Waals surface area contributed by atoms with Crippen molar-refractivity contribution in [2.45, 2.75) is 32.8 Å². The Morgan fingerprint density at radius 2 is 1.92 bits per heavy atom. The van der Waals surface area contributed by atoms with Crippen molar-refractivity contribution < 1.29 is 5.11 Å². The first kappa shape index (κ1) is 10.6. The van der Waals surface area contributed by atoms with Crippen molar-refractivity contribution in [1.29, 1.82) is 0 Å². The second-order valence-corrected chi connectivity index (χ2v) is 3.81. The minimum absolute atomic E-state index is 0.303. The quantitative estimate of drug-likeness (QED) is 0.792. The summed E-state index contributed by atoms with van der Waals surface area (Å²) < 4.78 is 0. The molecule has 0 saturated heterocycles. The largest absolute Gasteiger partial charge is 0.393 e. The number of aliphatic hydroxyl groups is 1. The molecule has 0 aliphatic rings. The maximum absolute atomic E-state index is 9.22. The number of hydrogen-bond donors (Lipinski definition) is 1. The fourth-order valence-corrected chi connectivity index (χ4v) is 1.66. The summed E-state index contributed by atoms with van der Waals surface area (Å²) in [4.78, 5) is 0. The number of aryl methyl sites for hydroxylation is 1. The van der Waals surface area contributed by atoms with Crippen LogP contribution in [0.15, 0.2) is 18.2 Å². The molecule has 72 valence electrons. The Morgan fingerprint density at radius 1 is 1.31 bits per heavy atom. The first-order valence-corrected chi connectivity index (χ1v) is 4.96. The van der Waals surface area contributed by atoms with E-state index in [1.807, 2.05) is 12.1 Å². The van der Waals surface area contributed by atoms with E-state index in [1.54, 1.807) is 6.92 Å². The van der Waals surface area contributed by atoms with Crippen molar-refractivity contribution in [3.63, 3.8) is 0 Å². The third-order valence-corrected chi connectivity index (χ3v) is 2.17. The lowest BCUT2D eigenvalue weighted by molar-refractivity contribution is 0.195. The molecule has 13 heavy (non-hydrogen) atoms. The average Bonchev–Trinajstić information content (AvgIpc) is 2.01. The van der Waals surface area contributed by atoms with Crippen LogP contribution in [-0.2, 0) is 12.8 Å². The summed E-state index contributed by atoms with van der Waals surface area (Å²) in [6.45, 7) is 3.88. The Bertz CT molecular complexity index is 281. The van der Waals surface area contributed by atoms with Crippen LogP contribution in [0, 0.1) is 0 Å². The van der Waals surface area contributed by atoms with E-state index in [9.17, 15) is 5.11 Å². The Balaban J connectivity index is 2.88. The number of aliphatic hydroxyl groups excluding tert-OH is 1. The Labute approximate surface area is 84.4 Å². The van der Waals surface area contributed by atoms with Gasteiger partial charge in [-0.15, -0.1) is 0 Å². The molecular formula is C11H15ClO. The molecular weight excluding hydrogens is 184 g/mol. The second kappa shape index (κ2) is 4.64. The summed E-state index contributed by atoms with van der Waals surface area (Å²) in [7, 11) is 0. The van der Waals surface area contributed by atoms with Gasteiger partial charge >= 0.3 is 0 Å². The Morgan fingerprint density at radius 3 is 2.46 bits per heavy atom. The molecule has 0 amide bonds. The third-order valence-electron chi connectivity index (χ3n) is 1.96. The molecule has 0 aliphatic carbocycles. The van der Waals surface area contributed by atoms with Gasteiger partial charge in [-0.2, -0.15) is 0 Å². The number of hydrogen-bond acceptors (Lipinski definition) is 1. The highest BCUT2D eigenvalue weighted by Gasteiger charge is 2.01. The monoisotopic (exact) mass is 198 g/mol. The van der Waals surface area contributed by atoms with Gasteiger partial charge in [0, 0.05) is 5.02 Å². The van der Waals surface area contributed by atoms with E-state index in [4.69, 9.17) is 11.6 Å². The molecule has 1 rings (SSSR count). The fraction of sp³-hybridized carbons (Fsp3) is 0.455. The lowest BCUT2D eigenvalue weighted by Crippen LogP contribution is -2.04. The maximum atomic E-state index is 9.22. The molecule has 0 spiro atoms. The normalized spacial score (nSPS) is 12.9. The van der Waals surface area contributed by atoms with Crippen molar-refractivity contribution in [2.24, 2.45) is 0 Å². The molecule has 0 fully saturated rings. The van der Waals surface area contributed by atoms with Gasteiger partial charge in [-0.05, 0) is 43.0 Å². The van der Waals surface area contributed by atoms with Gasteiger partial charge in [-0.25, -0.2) is 0 Å². The predicted octanol–water partition coefficient (Wildman–Crippen LogP) is 2.83. The van der Waals surface area contributed by atoms with Gasteiger partial charge in [0.15, 0.2) is 0 Å². The second-order valence-electron chi connectivity index (χ2n) is 3.37. The number of halogens is 1. The van der Waals surface area contributed by atoms with Gasteiger partial charge in [0.05, 0.1) is 6.10 Å². The zero-order valence-corrected chi connectivity index (χ0v) is 8.80. The van der Waals surface area contributed by atoms with E-state index < -0.39 is 0 Å². The lowest BCUT2D eigenvalue weighted by Gasteiger charge is -2.07. The van der Waals surface area contributed by atoms with E-state index in [-0.39, 0.29) is 6.10 Å². The molecule has 0 aromatic heterocycles. The van der Waals surface area contributed by atoms with Crippen LogP contribution in [-0.4, -0.2) is 11.2 Å². The molecule has 0 heterocycles. The summed E-state index contributed by atoms with van der Waals surface area (Å²) in [5.41, 5.74) is 2.34. The van der Waals surface area contributed by atoms with Gasteiger partial charge in [-0.3, -0.25) is 0 Å². The van der Waals surface area contributed by atoms with E-state index in [0.29, 0.717) is 6.42 Å². The van der Waals surface area contributed by atoms with Gasteiger partial charge in [0.1, 0.15) is 0 Å². The van der Waals surface area contributed by atoms with Crippen molar-refractivity contribution in [2.75, 3.05) is 0 Å². The van der Waals surface area contributed by atoms with Gasteiger partial charge in [0.25, 0.3) is 0 Å². The third kappa shape index (κ3) is 3.37. The minimum Gasteiger partial charge on any atom is -0.393 e. The van der Waals surface area contributed by atoms with Crippen LogP contribution in [0.25, 0.3) is 0 Å². The minimum atomic E-state index is -0.303. The summed E-state index contributed by atoms with van der Waals surface area (Å²) in [6.07, 6.45) is 1.35. The molecule has 1 N–H and O–H groups in total. The zero-order chi connectivity index (χ0) is 9.84. The molecule has 0 saturated carbocycles. The van der Waals surface area contributed by atoms with Crippen molar-refractivity contribution >= 4 is 11.6 Å². The average molecular weight is 199 g/mol. The molecule has 2 heteroatoms. The smallest absolute Gasteiger partial charge is 0.0552 e. The molecule has 1 aromatic rings. The highest BCUT2D eigenvalue weighted by molar-refractivity contribution is 6.30. The van der Waals surface area contributed by atoms with Crippen LogP contribution in [0.3, 0.4) is 0 Å². The van der Waals surface area contributed by atoms with Crippen molar-refractivity contribution in [3.8, 4) is 0 Å².